The molecule has 0 bridgehead atoms. The number of rotatable bonds is 5. The summed E-state index contributed by atoms with van der Waals surface area (Å²) in [5.74, 6) is -0.632. The molecule has 2 aliphatic rings. The molecule has 7 heteroatoms. The molecule has 0 saturated carbocycles. The van der Waals surface area contributed by atoms with Gasteiger partial charge in [0.2, 0.25) is 5.91 Å². The Balaban J connectivity index is 1.12. The molecule has 6 nitrogen and oxygen atoms in total. The number of carbonyl (C=O) groups is 3. The molecule has 0 radical (unpaired) electrons. The number of hydrogen-bond donors (Lipinski definition) is 0. The van der Waals surface area contributed by atoms with Crippen LogP contribution in [0, 0.1) is 0 Å². The van der Waals surface area contributed by atoms with Gasteiger partial charge in [-0.3, -0.25) is 19.3 Å². The topological polar surface area (TPSA) is 62.6 Å². The molecule has 3 amide bonds. The van der Waals surface area contributed by atoms with Crippen LogP contribution in [0.4, 0.5) is 4.79 Å². The third-order valence-electron chi connectivity index (χ3n) is 7.92. The lowest BCUT2D eigenvalue weighted by molar-refractivity contribution is -0.136. The van der Waals surface area contributed by atoms with Gasteiger partial charge in [0.15, 0.2) is 0 Å². The number of nitrogens with zero attached hydrogens (tertiary/aromatic N) is 3. The van der Waals surface area contributed by atoms with Crippen molar-refractivity contribution >= 4 is 56.6 Å². The van der Waals surface area contributed by atoms with Crippen molar-refractivity contribution in [1.29, 1.82) is 0 Å². The van der Waals surface area contributed by atoms with Crippen LogP contribution in [-0.4, -0.2) is 44.5 Å². The van der Waals surface area contributed by atoms with Crippen molar-refractivity contribution in [2.24, 2.45) is 0 Å². The standard InChI is InChI=1S/C34H27N3O3S/c38-32(35-16-15-25-8-2-4-10-27(25)20-35)22-37-33(39)31(41-34(37)40)18-28-21-36(30-12-6-5-11-29(28)30)19-23-13-14-24-7-1-3-9-26(24)17-23/h1-14,17-18,21H,15-16,19-20,22H2/b31-18-. The molecule has 41 heavy (non-hydrogen) atoms. The lowest BCUT2D eigenvalue weighted by Gasteiger charge is -2.29. The minimum Gasteiger partial charge on any atom is -0.342 e. The van der Waals surface area contributed by atoms with E-state index in [0.717, 1.165) is 45.1 Å². The van der Waals surface area contributed by atoms with Gasteiger partial charge in [-0.15, -0.1) is 0 Å². The van der Waals surface area contributed by atoms with E-state index < -0.39 is 11.1 Å². The van der Waals surface area contributed by atoms with Crippen molar-refractivity contribution in [2.75, 3.05) is 13.1 Å². The van der Waals surface area contributed by atoms with Crippen molar-refractivity contribution in [1.82, 2.24) is 14.4 Å². The molecule has 1 saturated heterocycles. The minimum atomic E-state index is -0.419. The number of fused-ring (bicyclic) bond motifs is 3. The first-order valence-electron chi connectivity index (χ1n) is 13.7. The van der Waals surface area contributed by atoms with Crippen LogP contribution in [0.5, 0.6) is 0 Å². The lowest BCUT2D eigenvalue weighted by atomic mass is 10.00. The summed E-state index contributed by atoms with van der Waals surface area (Å²) < 4.78 is 2.17. The predicted molar refractivity (Wildman–Crippen MR) is 163 cm³/mol. The minimum absolute atomic E-state index is 0.213. The highest BCUT2D eigenvalue weighted by atomic mass is 32.2. The molecule has 0 atom stereocenters. The van der Waals surface area contributed by atoms with Crippen molar-refractivity contribution in [3.8, 4) is 0 Å². The summed E-state index contributed by atoms with van der Waals surface area (Å²) in [7, 11) is 0. The second kappa shape index (κ2) is 10.4. The SMILES string of the molecule is O=C(CN1C(=O)S/C(=C\c2cn(Cc3ccc4ccccc4c3)c3ccccc23)C1=O)N1CCc2ccccc2C1. The molecule has 0 unspecified atom stereocenters. The van der Waals surface area contributed by atoms with E-state index >= 15 is 0 Å². The maximum atomic E-state index is 13.3. The van der Waals surface area contributed by atoms with Gasteiger partial charge in [-0.05, 0) is 63.9 Å². The van der Waals surface area contributed by atoms with E-state index in [1.807, 2.05) is 54.7 Å². The summed E-state index contributed by atoms with van der Waals surface area (Å²) in [4.78, 5) is 42.4. The Bertz CT molecular complexity index is 1890. The van der Waals surface area contributed by atoms with Crippen LogP contribution in [0.25, 0.3) is 27.8 Å². The molecule has 7 rings (SSSR count). The van der Waals surface area contributed by atoms with E-state index in [9.17, 15) is 14.4 Å². The summed E-state index contributed by atoms with van der Waals surface area (Å²) in [6.45, 7) is 1.51. The monoisotopic (exact) mass is 557 g/mol. The highest BCUT2D eigenvalue weighted by Gasteiger charge is 2.37. The number of hydrogen-bond acceptors (Lipinski definition) is 4. The molecule has 0 aliphatic carbocycles. The van der Waals surface area contributed by atoms with Gasteiger partial charge in [0, 0.05) is 42.3 Å². The molecular weight excluding hydrogens is 530 g/mol. The third-order valence-corrected chi connectivity index (χ3v) is 8.83. The molecule has 4 aromatic carbocycles. The van der Waals surface area contributed by atoms with Gasteiger partial charge in [-0.2, -0.15) is 0 Å². The first-order valence-corrected chi connectivity index (χ1v) is 14.5. The normalized spacial score (nSPS) is 16.2. The van der Waals surface area contributed by atoms with Crippen LogP contribution in [0.15, 0.2) is 102 Å². The number of para-hydroxylation sites is 1. The predicted octanol–water partition coefficient (Wildman–Crippen LogP) is 6.46. The van der Waals surface area contributed by atoms with Crippen LogP contribution in [0.1, 0.15) is 22.3 Å². The highest BCUT2D eigenvalue weighted by Crippen LogP contribution is 2.34. The van der Waals surface area contributed by atoms with Gasteiger partial charge in [0.05, 0.1) is 4.91 Å². The lowest BCUT2D eigenvalue weighted by Crippen LogP contribution is -2.44. The van der Waals surface area contributed by atoms with Gasteiger partial charge < -0.3 is 9.47 Å². The number of amides is 3. The Kier molecular flexibility index (Phi) is 6.44. The fourth-order valence-electron chi connectivity index (χ4n) is 5.78. The number of imide groups is 1. The number of thioether (sulfide) groups is 1. The van der Waals surface area contributed by atoms with Crippen LogP contribution in [0.3, 0.4) is 0 Å². The molecule has 3 heterocycles. The van der Waals surface area contributed by atoms with Gasteiger partial charge in [-0.25, -0.2) is 0 Å². The van der Waals surface area contributed by atoms with Crippen molar-refractivity contribution in [3.63, 3.8) is 0 Å². The molecule has 0 N–H and O–H groups in total. The largest absolute Gasteiger partial charge is 0.342 e. The second-order valence-electron chi connectivity index (χ2n) is 10.5. The average Bonchev–Trinajstić information content (AvgIpc) is 3.48. The Morgan fingerprint density at radius 3 is 2.49 bits per heavy atom. The van der Waals surface area contributed by atoms with Crippen LogP contribution in [-0.2, 0) is 29.1 Å². The second-order valence-corrected chi connectivity index (χ2v) is 11.5. The Hall–Kier alpha value is -4.62. The van der Waals surface area contributed by atoms with Crippen molar-refractivity contribution in [2.45, 2.75) is 19.5 Å². The van der Waals surface area contributed by atoms with E-state index in [1.54, 1.807) is 11.0 Å². The maximum Gasteiger partial charge on any atom is 0.294 e. The third kappa shape index (κ3) is 4.83. The summed E-state index contributed by atoms with van der Waals surface area (Å²) >= 11 is 0.896. The van der Waals surface area contributed by atoms with Gasteiger partial charge in [0.25, 0.3) is 11.1 Å². The van der Waals surface area contributed by atoms with E-state index in [0.29, 0.717) is 24.5 Å². The van der Waals surface area contributed by atoms with Crippen LogP contribution in [0.2, 0.25) is 0 Å². The molecule has 5 aromatic rings. The molecule has 0 spiro atoms. The Labute approximate surface area is 241 Å². The molecule has 1 fully saturated rings. The van der Waals surface area contributed by atoms with Crippen molar-refractivity contribution < 1.29 is 14.4 Å². The van der Waals surface area contributed by atoms with Gasteiger partial charge in [-0.1, -0.05) is 78.9 Å². The van der Waals surface area contributed by atoms with E-state index in [-0.39, 0.29) is 12.5 Å². The molecule has 202 valence electrons. The smallest absolute Gasteiger partial charge is 0.294 e. The summed E-state index contributed by atoms with van der Waals surface area (Å²) in [6.07, 6.45) is 4.59. The summed E-state index contributed by atoms with van der Waals surface area (Å²) in [6, 6.07) is 30.9. The van der Waals surface area contributed by atoms with E-state index in [2.05, 4.69) is 47.0 Å². The van der Waals surface area contributed by atoms with Crippen LogP contribution >= 0.6 is 11.8 Å². The maximum absolute atomic E-state index is 13.3. The zero-order chi connectivity index (χ0) is 27.9. The number of aromatic nitrogens is 1. The van der Waals surface area contributed by atoms with Crippen molar-refractivity contribution in [3.05, 3.63) is 124 Å². The molecular formula is C34H27N3O3S. The molecule has 2 aliphatic heterocycles. The quantitative estimate of drug-likeness (QED) is 0.233. The van der Waals surface area contributed by atoms with Gasteiger partial charge in [0.1, 0.15) is 6.54 Å². The number of carbonyl (C=O) groups excluding carboxylic acids is 3. The Morgan fingerprint density at radius 1 is 0.854 bits per heavy atom. The Morgan fingerprint density at radius 2 is 1.61 bits per heavy atom. The fraction of sp³-hybridized carbons (Fsp3) is 0.147. The fourth-order valence-corrected chi connectivity index (χ4v) is 6.61. The highest BCUT2D eigenvalue weighted by molar-refractivity contribution is 8.18. The summed E-state index contributed by atoms with van der Waals surface area (Å²) in [5.41, 5.74) is 5.44. The first kappa shape index (κ1) is 25.4. The first-order chi connectivity index (χ1) is 20.0. The number of benzene rings is 4. The van der Waals surface area contributed by atoms with E-state index in [4.69, 9.17) is 0 Å². The zero-order valence-electron chi connectivity index (χ0n) is 22.3. The average molecular weight is 558 g/mol. The van der Waals surface area contributed by atoms with E-state index in [1.165, 1.54) is 21.9 Å². The summed E-state index contributed by atoms with van der Waals surface area (Å²) in [5, 5.41) is 2.99. The zero-order valence-corrected chi connectivity index (χ0v) is 23.1. The molecule has 1 aromatic heterocycles. The van der Waals surface area contributed by atoms with Crippen LogP contribution < -0.4 is 0 Å². The van der Waals surface area contributed by atoms with Gasteiger partial charge >= 0.3 is 0 Å².